The lowest BCUT2D eigenvalue weighted by atomic mass is 10.1. The molecule has 3 heterocycles. The number of aromatic nitrogens is 5. The van der Waals surface area contributed by atoms with E-state index >= 15 is 0 Å². The smallest absolute Gasteiger partial charge is 0.209 e. The number of rotatable bonds is 4. The molecule has 1 aromatic carbocycles. The number of benzene rings is 1. The Hall–Kier alpha value is -2.98. The second-order valence-electron chi connectivity index (χ2n) is 5.70. The zero-order chi connectivity index (χ0) is 17.6. The monoisotopic (exact) mass is 357 g/mol. The van der Waals surface area contributed by atoms with Crippen LogP contribution in [0.15, 0.2) is 30.5 Å². The van der Waals surface area contributed by atoms with Crippen LogP contribution in [0, 0.1) is 0 Å². The van der Waals surface area contributed by atoms with Crippen molar-refractivity contribution in [2.24, 2.45) is 0 Å². The number of nitrogen functional groups attached to an aromatic ring is 1. The number of nitrogens with two attached hydrogens (primary N) is 1. The van der Waals surface area contributed by atoms with Crippen LogP contribution >= 0.6 is 0 Å². The summed E-state index contributed by atoms with van der Waals surface area (Å²) in [5.74, 6) is 0.779. The molecule has 0 unspecified atom stereocenters. The lowest BCUT2D eigenvalue weighted by Gasteiger charge is -2.03. The maximum absolute atomic E-state index is 11.3. The summed E-state index contributed by atoms with van der Waals surface area (Å²) in [5, 5.41) is 7.68. The van der Waals surface area contributed by atoms with Gasteiger partial charge in [-0.1, -0.05) is 6.07 Å². The molecule has 0 aliphatic rings. The van der Waals surface area contributed by atoms with Crippen molar-refractivity contribution < 1.29 is 8.42 Å². The molecule has 4 rings (SSSR count). The van der Waals surface area contributed by atoms with E-state index in [-0.39, 0.29) is 6.54 Å². The van der Waals surface area contributed by atoms with Crippen molar-refractivity contribution in [1.29, 1.82) is 0 Å². The molecule has 4 aromatic rings. The molecule has 0 amide bonds. The molecule has 0 atom stereocenters. The maximum atomic E-state index is 11.3. The van der Waals surface area contributed by atoms with Gasteiger partial charge in [0.25, 0.3) is 0 Å². The van der Waals surface area contributed by atoms with Crippen LogP contribution in [0.4, 0.5) is 5.82 Å². The molecule has 128 valence electrons. The zero-order valence-corrected chi connectivity index (χ0v) is 14.1. The summed E-state index contributed by atoms with van der Waals surface area (Å²) < 4.78 is 24.9. The molecule has 10 heteroatoms. The minimum Gasteiger partial charge on any atom is -0.382 e. The minimum absolute atomic E-state index is 0.0562. The van der Waals surface area contributed by atoms with Gasteiger partial charge in [-0.05, 0) is 18.2 Å². The van der Waals surface area contributed by atoms with Gasteiger partial charge in [0.2, 0.25) is 10.0 Å². The van der Waals surface area contributed by atoms with Crippen molar-refractivity contribution in [3.8, 4) is 11.3 Å². The molecule has 3 aromatic heterocycles. The topological polar surface area (TPSA) is 142 Å². The average Bonchev–Trinajstić information content (AvgIpc) is 3.22. The highest BCUT2D eigenvalue weighted by molar-refractivity contribution is 7.88. The van der Waals surface area contributed by atoms with Crippen molar-refractivity contribution in [3.05, 3.63) is 36.3 Å². The van der Waals surface area contributed by atoms with Crippen LogP contribution in [0.1, 0.15) is 5.82 Å². The second-order valence-corrected chi connectivity index (χ2v) is 7.53. The van der Waals surface area contributed by atoms with E-state index in [4.69, 9.17) is 5.73 Å². The van der Waals surface area contributed by atoms with Crippen molar-refractivity contribution in [3.63, 3.8) is 0 Å². The highest BCUT2D eigenvalue weighted by atomic mass is 32.2. The molecule has 0 saturated heterocycles. The van der Waals surface area contributed by atoms with Crippen LogP contribution in [0.25, 0.3) is 33.2 Å². The Morgan fingerprint density at radius 3 is 2.80 bits per heavy atom. The predicted molar refractivity (Wildman–Crippen MR) is 95.1 cm³/mol. The van der Waals surface area contributed by atoms with Crippen molar-refractivity contribution in [1.82, 2.24) is 29.9 Å². The van der Waals surface area contributed by atoms with Crippen molar-refractivity contribution >= 4 is 37.8 Å². The summed E-state index contributed by atoms with van der Waals surface area (Å²) in [6, 6.07) is 7.62. The molecular weight excluding hydrogens is 342 g/mol. The normalized spacial score (nSPS) is 12.2. The zero-order valence-electron chi connectivity index (χ0n) is 13.2. The maximum Gasteiger partial charge on any atom is 0.209 e. The molecule has 25 heavy (non-hydrogen) atoms. The standard InChI is InChI=1S/C15H15N7O2S/c1-25(23,24)18-7-12-20-13-9-3-2-8(10-4-5-17-22-10)6-11(9)19-15(16)14(13)21-12/h2-6,18H,7H2,1H3,(H2,16,19)(H,17,22)(H,20,21). The number of sulfonamides is 1. The van der Waals surface area contributed by atoms with Crippen LogP contribution in [-0.2, 0) is 16.6 Å². The van der Waals surface area contributed by atoms with E-state index in [9.17, 15) is 8.42 Å². The van der Waals surface area contributed by atoms with Gasteiger partial charge in [-0.25, -0.2) is 23.1 Å². The van der Waals surface area contributed by atoms with Gasteiger partial charge in [-0.3, -0.25) is 5.10 Å². The Morgan fingerprint density at radius 2 is 2.08 bits per heavy atom. The Labute approximate surface area is 142 Å². The first kappa shape index (κ1) is 15.5. The third-order valence-corrected chi connectivity index (χ3v) is 4.49. The molecule has 0 spiro atoms. The Kier molecular flexibility index (Phi) is 3.44. The Morgan fingerprint density at radius 1 is 1.24 bits per heavy atom. The van der Waals surface area contributed by atoms with Crippen LogP contribution < -0.4 is 10.5 Å². The van der Waals surface area contributed by atoms with Crippen LogP contribution in [-0.4, -0.2) is 39.8 Å². The fourth-order valence-electron chi connectivity index (χ4n) is 2.68. The first-order valence-electron chi connectivity index (χ1n) is 7.43. The van der Waals surface area contributed by atoms with Gasteiger partial charge >= 0.3 is 0 Å². The average molecular weight is 357 g/mol. The van der Waals surface area contributed by atoms with E-state index in [0.717, 1.165) is 22.9 Å². The Balaban J connectivity index is 1.84. The molecule has 5 N–H and O–H groups in total. The van der Waals surface area contributed by atoms with E-state index in [1.807, 2.05) is 24.3 Å². The van der Waals surface area contributed by atoms with E-state index in [2.05, 4.69) is 29.9 Å². The van der Waals surface area contributed by atoms with Crippen LogP contribution in [0.2, 0.25) is 0 Å². The summed E-state index contributed by atoms with van der Waals surface area (Å²) in [4.78, 5) is 11.9. The summed E-state index contributed by atoms with van der Waals surface area (Å²) in [6.45, 7) is 0.0562. The third-order valence-electron chi connectivity index (χ3n) is 3.82. The van der Waals surface area contributed by atoms with Gasteiger partial charge in [-0.2, -0.15) is 5.10 Å². The summed E-state index contributed by atoms with van der Waals surface area (Å²) in [5.41, 5.74) is 9.80. The molecule has 0 aliphatic carbocycles. The van der Waals surface area contributed by atoms with Crippen molar-refractivity contribution in [2.45, 2.75) is 6.54 Å². The van der Waals surface area contributed by atoms with Crippen LogP contribution in [0.5, 0.6) is 0 Å². The molecule has 0 aliphatic heterocycles. The molecule has 0 radical (unpaired) electrons. The van der Waals surface area contributed by atoms with Gasteiger partial charge < -0.3 is 10.7 Å². The Bertz CT molecular complexity index is 1180. The summed E-state index contributed by atoms with van der Waals surface area (Å²) in [7, 11) is -3.31. The highest BCUT2D eigenvalue weighted by Crippen LogP contribution is 2.29. The van der Waals surface area contributed by atoms with E-state index in [1.165, 1.54) is 0 Å². The fraction of sp³-hybridized carbons (Fsp3) is 0.133. The van der Waals surface area contributed by atoms with Gasteiger partial charge in [0.15, 0.2) is 0 Å². The minimum atomic E-state index is -3.31. The molecular formula is C15H15N7O2S. The lowest BCUT2D eigenvalue weighted by Crippen LogP contribution is -2.21. The molecule has 0 bridgehead atoms. The quantitative estimate of drug-likeness (QED) is 0.431. The SMILES string of the molecule is CS(=O)(=O)NCc1nc2c([nH]1)c(N)nc1cc(-c3ccn[nH]3)ccc12. The largest absolute Gasteiger partial charge is 0.382 e. The van der Waals surface area contributed by atoms with Gasteiger partial charge in [0.1, 0.15) is 22.7 Å². The fourth-order valence-corrected chi connectivity index (χ4v) is 3.08. The number of nitrogens with zero attached hydrogens (tertiary/aromatic N) is 3. The summed E-state index contributed by atoms with van der Waals surface area (Å²) >= 11 is 0. The van der Waals surface area contributed by atoms with Gasteiger partial charge in [0.05, 0.1) is 24.0 Å². The van der Waals surface area contributed by atoms with Gasteiger partial charge in [0, 0.05) is 17.1 Å². The number of H-pyrrole nitrogens is 2. The molecule has 0 saturated carbocycles. The van der Waals surface area contributed by atoms with E-state index in [1.54, 1.807) is 6.20 Å². The van der Waals surface area contributed by atoms with Crippen LogP contribution in [0.3, 0.4) is 0 Å². The number of anilines is 1. The summed E-state index contributed by atoms with van der Waals surface area (Å²) in [6.07, 6.45) is 2.78. The number of imidazole rings is 1. The second kappa shape index (κ2) is 5.53. The highest BCUT2D eigenvalue weighted by Gasteiger charge is 2.13. The van der Waals surface area contributed by atoms with E-state index in [0.29, 0.717) is 28.2 Å². The van der Waals surface area contributed by atoms with Crippen molar-refractivity contribution in [2.75, 3.05) is 12.0 Å². The number of pyridine rings is 1. The number of hydrogen-bond acceptors (Lipinski definition) is 6. The molecule has 9 nitrogen and oxygen atoms in total. The first-order valence-corrected chi connectivity index (χ1v) is 9.32. The number of nitrogens with one attached hydrogen (secondary N) is 3. The number of aromatic amines is 2. The van der Waals surface area contributed by atoms with E-state index < -0.39 is 10.0 Å². The lowest BCUT2D eigenvalue weighted by molar-refractivity contribution is 0.586. The molecule has 0 fully saturated rings. The predicted octanol–water partition coefficient (Wildman–Crippen LogP) is 1.13. The third kappa shape index (κ3) is 2.92. The number of fused-ring (bicyclic) bond motifs is 3. The van der Waals surface area contributed by atoms with Gasteiger partial charge in [-0.15, -0.1) is 0 Å². The first-order chi connectivity index (χ1) is 11.9. The number of hydrogen-bond donors (Lipinski definition) is 4.